The molecule has 3 aliphatic rings. The van der Waals surface area contributed by atoms with Crippen molar-refractivity contribution in [2.75, 3.05) is 31.5 Å². The number of anilines is 1. The Labute approximate surface area is 193 Å². The number of nitrogens with one attached hydrogen (secondary N) is 2. The van der Waals surface area contributed by atoms with E-state index < -0.39 is 5.54 Å². The first-order valence-electron chi connectivity index (χ1n) is 11.6. The minimum absolute atomic E-state index is 0.0925. The van der Waals surface area contributed by atoms with E-state index in [0.717, 1.165) is 56.1 Å². The Balaban J connectivity index is 1.51. The zero-order chi connectivity index (χ0) is 22.7. The van der Waals surface area contributed by atoms with Gasteiger partial charge >= 0.3 is 6.03 Å². The average molecular weight is 459 g/mol. The number of halogens is 1. The van der Waals surface area contributed by atoms with Crippen molar-refractivity contribution < 1.29 is 14.0 Å². The smallest absolute Gasteiger partial charge is 0.319 e. The Kier molecular flexibility index (Phi) is 5.17. The first-order valence-corrected chi connectivity index (χ1v) is 12.0. The average Bonchev–Trinajstić information content (AvgIpc) is 3.16. The van der Waals surface area contributed by atoms with Crippen LogP contribution in [0.15, 0.2) is 16.5 Å². The van der Waals surface area contributed by atoms with Crippen molar-refractivity contribution in [2.24, 2.45) is 0 Å². The van der Waals surface area contributed by atoms with Crippen LogP contribution >= 0.6 is 11.6 Å². The maximum absolute atomic E-state index is 13.3. The number of nitrogens with zero attached hydrogens (tertiary/aromatic N) is 2. The summed E-state index contributed by atoms with van der Waals surface area (Å²) in [6.07, 6.45) is 4.87. The summed E-state index contributed by atoms with van der Waals surface area (Å²) in [5, 5.41) is 7.31. The summed E-state index contributed by atoms with van der Waals surface area (Å²) >= 11 is 6.60. The highest BCUT2D eigenvalue weighted by Gasteiger charge is 2.44. The molecule has 7 nitrogen and oxygen atoms in total. The fourth-order valence-corrected chi connectivity index (χ4v) is 5.78. The number of carbonyl (C=O) groups is 2. The van der Waals surface area contributed by atoms with E-state index >= 15 is 0 Å². The van der Waals surface area contributed by atoms with Gasteiger partial charge in [-0.05, 0) is 45.7 Å². The number of hydrogen-bond donors (Lipinski definition) is 2. The van der Waals surface area contributed by atoms with Gasteiger partial charge in [-0.3, -0.25) is 9.69 Å². The molecule has 1 saturated heterocycles. The molecule has 172 valence electrons. The van der Waals surface area contributed by atoms with Crippen molar-refractivity contribution >= 4 is 40.2 Å². The Hall–Kier alpha value is -2.25. The molecule has 0 atom stereocenters. The summed E-state index contributed by atoms with van der Waals surface area (Å²) in [4.78, 5) is 30.0. The number of benzene rings is 1. The van der Waals surface area contributed by atoms with Crippen molar-refractivity contribution in [3.05, 3.63) is 28.5 Å². The normalized spacial score (nSPS) is 21.4. The van der Waals surface area contributed by atoms with Crippen molar-refractivity contribution in [3.63, 3.8) is 0 Å². The summed E-state index contributed by atoms with van der Waals surface area (Å²) in [6.45, 7) is 9.63. The molecule has 0 radical (unpaired) electrons. The molecule has 1 spiro atoms. The second kappa shape index (κ2) is 7.66. The van der Waals surface area contributed by atoms with Crippen molar-refractivity contribution in [3.8, 4) is 0 Å². The fraction of sp³-hybridized carbons (Fsp3) is 0.583. The maximum atomic E-state index is 13.3. The molecular formula is C24H31ClN4O3. The number of carbonyl (C=O) groups excluding carboxylic acids is 2. The number of furan rings is 1. The van der Waals surface area contributed by atoms with Crippen LogP contribution in [0, 0.1) is 0 Å². The highest BCUT2D eigenvalue weighted by Crippen LogP contribution is 2.49. The van der Waals surface area contributed by atoms with E-state index in [9.17, 15) is 9.59 Å². The zero-order valence-electron chi connectivity index (χ0n) is 19.0. The molecule has 0 unspecified atom stereocenters. The highest BCUT2D eigenvalue weighted by molar-refractivity contribution is 6.35. The number of rotatable bonds is 1. The van der Waals surface area contributed by atoms with Gasteiger partial charge in [0.1, 0.15) is 5.58 Å². The fourth-order valence-electron chi connectivity index (χ4n) is 5.52. The lowest BCUT2D eigenvalue weighted by molar-refractivity contribution is 0.0429. The van der Waals surface area contributed by atoms with Crippen molar-refractivity contribution in [2.45, 2.75) is 64.0 Å². The van der Waals surface area contributed by atoms with Crippen LogP contribution in [0.25, 0.3) is 11.0 Å². The standard InChI is InChI=1S/C24H31ClN4O3/c1-23(2,3)29-11-9-28(10-12-29)21(30)17-14-15-13-16(25)19-18(20(15)32-17)24(27-22(31)26-19)7-5-4-6-8-24/h13-14H,4-12H2,1-3H3,(H2,26,27,31). The molecule has 3 amide bonds. The van der Waals surface area contributed by atoms with Gasteiger partial charge in [0, 0.05) is 42.7 Å². The van der Waals surface area contributed by atoms with Crippen LogP contribution in [0.2, 0.25) is 5.02 Å². The molecule has 5 rings (SSSR count). The third-order valence-corrected chi connectivity index (χ3v) is 7.56. The van der Waals surface area contributed by atoms with E-state index in [-0.39, 0.29) is 17.5 Å². The number of urea groups is 1. The van der Waals surface area contributed by atoms with Crippen LogP contribution < -0.4 is 10.6 Å². The third-order valence-electron chi connectivity index (χ3n) is 7.26. The monoisotopic (exact) mass is 458 g/mol. The minimum Gasteiger partial charge on any atom is -0.450 e. The van der Waals surface area contributed by atoms with E-state index in [1.807, 2.05) is 4.90 Å². The van der Waals surface area contributed by atoms with Gasteiger partial charge in [0.25, 0.3) is 5.91 Å². The van der Waals surface area contributed by atoms with E-state index in [4.69, 9.17) is 16.0 Å². The van der Waals surface area contributed by atoms with Crippen LogP contribution in [0.1, 0.15) is 69.0 Å². The quantitative estimate of drug-likeness (QED) is 0.634. The molecule has 32 heavy (non-hydrogen) atoms. The van der Waals surface area contributed by atoms with Gasteiger partial charge in [0.2, 0.25) is 0 Å². The van der Waals surface area contributed by atoms with E-state index in [2.05, 4.69) is 36.3 Å². The van der Waals surface area contributed by atoms with E-state index in [1.165, 1.54) is 0 Å². The Morgan fingerprint density at radius 3 is 2.44 bits per heavy atom. The maximum Gasteiger partial charge on any atom is 0.319 e. The molecular weight excluding hydrogens is 428 g/mol. The summed E-state index contributed by atoms with van der Waals surface area (Å²) in [7, 11) is 0. The first-order chi connectivity index (χ1) is 15.2. The lowest BCUT2D eigenvalue weighted by Crippen LogP contribution is -2.54. The second-order valence-corrected chi connectivity index (χ2v) is 10.7. The number of hydrogen-bond acceptors (Lipinski definition) is 4. The molecule has 2 N–H and O–H groups in total. The molecule has 2 aromatic rings. The molecule has 2 aliphatic heterocycles. The number of fused-ring (bicyclic) bond motifs is 4. The predicted molar refractivity (Wildman–Crippen MR) is 125 cm³/mol. The second-order valence-electron chi connectivity index (χ2n) is 10.3. The largest absolute Gasteiger partial charge is 0.450 e. The van der Waals surface area contributed by atoms with Crippen LogP contribution in [-0.4, -0.2) is 53.5 Å². The lowest BCUT2D eigenvalue weighted by atomic mass is 9.74. The number of piperazine rings is 1. The van der Waals surface area contributed by atoms with Crippen molar-refractivity contribution in [1.29, 1.82) is 0 Å². The van der Waals surface area contributed by atoms with Crippen LogP contribution in [0.5, 0.6) is 0 Å². The van der Waals surface area contributed by atoms with Gasteiger partial charge in [-0.1, -0.05) is 30.9 Å². The minimum atomic E-state index is -0.504. The third kappa shape index (κ3) is 3.55. The van der Waals surface area contributed by atoms with Crippen LogP contribution in [-0.2, 0) is 5.54 Å². The van der Waals surface area contributed by atoms with Gasteiger partial charge < -0.3 is 20.0 Å². The molecule has 1 aliphatic carbocycles. The molecule has 1 aromatic carbocycles. The van der Waals surface area contributed by atoms with Crippen molar-refractivity contribution in [1.82, 2.24) is 15.1 Å². The summed E-state index contributed by atoms with van der Waals surface area (Å²) in [5.41, 5.74) is 1.73. The Morgan fingerprint density at radius 1 is 1.09 bits per heavy atom. The Morgan fingerprint density at radius 2 is 1.78 bits per heavy atom. The number of amides is 3. The topological polar surface area (TPSA) is 77.8 Å². The molecule has 1 saturated carbocycles. The van der Waals surface area contributed by atoms with Gasteiger partial charge in [0.15, 0.2) is 5.76 Å². The summed E-state index contributed by atoms with van der Waals surface area (Å²) in [6, 6.07) is 3.35. The highest BCUT2D eigenvalue weighted by atomic mass is 35.5. The van der Waals surface area contributed by atoms with Gasteiger partial charge in [-0.25, -0.2) is 4.79 Å². The predicted octanol–water partition coefficient (Wildman–Crippen LogP) is 4.94. The van der Waals surface area contributed by atoms with Gasteiger partial charge in [-0.2, -0.15) is 0 Å². The molecule has 0 bridgehead atoms. The molecule has 3 heterocycles. The lowest BCUT2D eigenvalue weighted by Gasteiger charge is -2.42. The zero-order valence-corrected chi connectivity index (χ0v) is 19.8. The SMILES string of the molecule is CC(C)(C)N1CCN(C(=O)c2cc3cc(Cl)c4c(c3o2)C2(CCCCC2)NC(=O)N4)CC1. The van der Waals surface area contributed by atoms with Gasteiger partial charge in [0.05, 0.1) is 16.2 Å². The van der Waals surface area contributed by atoms with Crippen LogP contribution in [0.3, 0.4) is 0 Å². The van der Waals surface area contributed by atoms with E-state index in [0.29, 0.717) is 35.1 Å². The molecule has 8 heteroatoms. The first kappa shape index (κ1) is 21.6. The van der Waals surface area contributed by atoms with Gasteiger partial charge in [-0.15, -0.1) is 0 Å². The van der Waals surface area contributed by atoms with Crippen LogP contribution in [0.4, 0.5) is 10.5 Å². The molecule has 1 aromatic heterocycles. The Bertz CT molecular complexity index is 1070. The van der Waals surface area contributed by atoms with E-state index in [1.54, 1.807) is 12.1 Å². The summed E-state index contributed by atoms with van der Waals surface area (Å²) < 4.78 is 6.24. The summed E-state index contributed by atoms with van der Waals surface area (Å²) in [5.74, 6) is 0.238. The molecule has 2 fully saturated rings.